The normalized spacial score (nSPS) is 18.3. The molecule has 1 aliphatic rings. The number of ether oxygens (including phenoxy) is 2. The molecule has 0 spiro atoms. The number of urea groups is 1. The molecule has 2 rings (SSSR count). The fourth-order valence-electron chi connectivity index (χ4n) is 3.04. The van der Waals surface area contributed by atoms with E-state index in [2.05, 4.69) is 29.4 Å². The zero-order valence-electron chi connectivity index (χ0n) is 15.1. The Labute approximate surface area is 144 Å². The Bertz CT molecular complexity index is 548. The van der Waals surface area contributed by atoms with Gasteiger partial charge >= 0.3 is 6.03 Å². The Morgan fingerprint density at radius 1 is 1.33 bits per heavy atom. The number of methoxy groups -OCH3 is 2. The molecule has 0 bridgehead atoms. The van der Waals surface area contributed by atoms with Crippen LogP contribution in [0.2, 0.25) is 0 Å². The van der Waals surface area contributed by atoms with E-state index in [0.29, 0.717) is 35.7 Å². The van der Waals surface area contributed by atoms with E-state index in [1.807, 2.05) is 0 Å². The van der Waals surface area contributed by atoms with Gasteiger partial charge in [-0.25, -0.2) is 4.79 Å². The molecule has 2 N–H and O–H groups in total. The Kier molecular flexibility index (Phi) is 6.73. The van der Waals surface area contributed by atoms with E-state index in [-0.39, 0.29) is 6.03 Å². The molecule has 1 aliphatic heterocycles. The predicted octanol–water partition coefficient (Wildman–Crippen LogP) is 2.95. The van der Waals surface area contributed by atoms with Gasteiger partial charge in [0.1, 0.15) is 11.5 Å². The number of piperidine rings is 1. The first-order valence-corrected chi connectivity index (χ1v) is 8.54. The van der Waals surface area contributed by atoms with Gasteiger partial charge in [0.15, 0.2) is 0 Å². The predicted molar refractivity (Wildman–Crippen MR) is 96.0 cm³/mol. The van der Waals surface area contributed by atoms with E-state index in [4.69, 9.17) is 9.47 Å². The molecule has 0 radical (unpaired) electrons. The van der Waals surface area contributed by atoms with Crippen LogP contribution in [0.5, 0.6) is 11.5 Å². The maximum Gasteiger partial charge on any atom is 0.319 e. The molecule has 24 heavy (non-hydrogen) atoms. The molecule has 1 aromatic rings. The molecule has 134 valence electrons. The summed E-state index contributed by atoms with van der Waals surface area (Å²) in [4.78, 5) is 14.6. The van der Waals surface area contributed by atoms with Gasteiger partial charge < -0.3 is 25.0 Å². The van der Waals surface area contributed by atoms with Crippen LogP contribution in [-0.4, -0.2) is 50.8 Å². The van der Waals surface area contributed by atoms with Crippen molar-refractivity contribution in [3.63, 3.8) is 0 Å². The van der Waals surface area contributed by atoms with E-state index in [1.165, 1.54) is 6.42 Å². The second-order valence-corrected chi connectivity index (χ2v) is 6.50. The summed E-state index contributed by atoms with van der Waals surface area (Å²) in [6.07, 6.45) is 2.35. The molecule has 2 amide bonds. The highest BCUT2D eigenvalue weighted by atomic mass is 16.5. The Morgan fingerprint density at radius 3 is 2.79 bits per heavy atom. The van der Waals surface area contributed by atoms with E-state index < -0.39 is 0 Å². The monoisotopic (exact) mass is 335 g/mol. The lowest BCUT2D eigenvalue weighted by Gasteiger charge is -2.35. The Balaban J connectivity index is 1.85. The smallest absolute Gasteiger partial charge is 0.319 e. The van der Waals surface area contributed by atoms with Gasteiger partial charge in [0, 0.05) is 25.2 Å². The molecular formula is C18H29N3O3. The first-order valence-electron chi connectivity index (χ1n) is 8.54. The van der Waals surface area contributed by atoms with Gasteiger partial charge in [-0.1, -0.05) is 0 Å². The largest absolute Gasteiger partial charge is 0.497 e. The van der Waals surface area contributed by atoms with Crippen molar-refractivity contribution < 1.29 is 14.3 Å². The lowest BCUT2D eigenvalue weighted by molar-refractivity contribution is 0.139. The standard InChI is InChI=1S/C18H29N3O3/c1-13(2)21-9-5-6-14(12-21)11-19-18(22)20-16-8-7-15(23-3)10-17(16)24-4/h7-8,10,13-14H,5-6,9,11-12H2,1-4H3,(H2,19,20,22)/t14-/m0/s1. The molecule has 1 heterocycles. The minimum Gasteiger partial charge on any atom is -0.497 e. The summed E-state index contributed by atoms with van der Waals surface area (Å²) >= 11 is 0. The van der Waals surface area contributed by atoms with Crippen molar-refractivity contribution in [2.45, 2.75) is 32.7 Å². The number of carbonyl (C=O) groups is 1. The Morgan fingerprint density at radius 2 is 2.12 bits per heavy atom. The number of carbonyl (C=O) groups excluding carboxylic acids is 1. The number of nitrogens with one attached hydrogen (secondary N) is 2. The quantitative estimate of drug-likeness (QED) is 0.839. The van der Waals surface area contributed by atoms with Crippen LogP contribution in [0.25, 0.3) is 0 Å². The highest BCUT2D eigenvalue weighted by molar-refractivity contribution is 5.91. The van der Waals surface area contributed by atoms with Crippen molar-refractivity contribution in [3.8, 4) is 11.5 Å². The van der Waals surface area contributed by atoms with Crippen LogP contribution in [0.4, 0.5) is 10.5 Å². The van der Waals surface area contributed by atoms with Crippen LogP contribution >= 0.6 is 0 Å². The number of benzene rings is 1. The lowest BCUT2D eigenvalue weighted by atomic mass is 9.97. The zero-order chi connectivity index (χ0) is 17.5. The molecule has 0 aliphatic carbocycles. The number of hydrogen-bond acceptors (Lipinski definition) is 4. The second kappa shape index (κ2) is 8.78. The fourth-order valence-corrected chi connectivity index (χ4v) is 3.04. The molecule has 1 aromatic carbocycles. The van der Waals surface area contributed by atoms with Crippen LogP contribution in [0.1, 0.15) is 26.7 Å². The van der Waals surface area contributed by atoms with Gasteiger partial charge in [0.25, 0.3) is 0 Å². The van der Waals surface area contributed by atoms with Crippen molar-refractivity contribution in [1.82, 2.24) is 10.2 Å². The van der Waals surface area contributed by atoms with Crippen LogP contribution in [-0.2, 0) is 0 Å². The first kappa shape index (κ1) is 18.4. The topological polar surface area (TPSA) is 62.8 Å². The molecule has 1 fully saturated rings. The summed E-state index contributed by atoms with van der Waals surface area (Å²) in [6.45, 7) is 7.33. The summed E-state index contributed by atoms with van der Waals surface area (Å²) in [5.41, 5.74) is 0.628. The minimum atomic E-state index is -0.208. The minimum absolute atomic E-state index is 0.208. The van der Waals surface area contributed by atoms with Crippen LogP contribution in [0.15, 0.2) is 18.2 Å². The van der Waals surface area contributed by atoms with E-state index in [9.17, 15) is 4.79 Å². The zero-order valence-corrected chi connectivity index (χ0v) is 15.1. The highest BCUT2D eigenvalue weighted by Gasteiger charge is 2.22. The summed E-state index contributed by atoms with van der Waals surface area (Å²) in [5.74, 6) is 1.77. The van der Waals surface area contributed by atoms with Crippen molar-refractivity contribution in [2.75, 3.05) is 39.2 Å². The van der Waals surface area contributed by atoms with Gasteiger partial charge in [-0.2, -0.15) is 0 Å². The number of hydrogen-bond donors (Lipinski definition) is 2. The fraction of sp³-hybridized carbons (Fsp3) is 0.611. The molecule has 1 atom stereocenters. The highest BCUT2D eigenvalue weighted by Crippen LogP contribution is 2.28. The number of amides is 2. The van der Waals surface area contributed by atoms with Gasteiger partial charge in [-0.15, -0.1) is 0 Å². The van der Waals surface area contributed by atoms with Crippen molar-refractivity contribution in [2.24, 2.45) is 5.92 Å². The molecule has 1 saturated heterocycles. The maximum atomic E-state index is 12.2. The third-order valence-electron chi connectivity index (χ3n) is 4.49. The van der Waals surface area contributed by atoms with Crippen molar-refractivity contribution in [3.05, 3.63) is 18.2 Å². The number of nitrogens with zero attached hydrogens (tertiary/aromatic N) is 1. The van der Waals surface area contributed by atoms with Gasteiger partial charge in [0.2, 0.25) is 0 Å². The van der Waals surface area contributed by atoms with Crippen LogP contribution < -0.4 is 20.1 Å². The van der Waals surface area contributed by atoms with E-state index >= 15 is 0 Å². The van der Waals surface area contributed by atoms with Gasteiger partial charge in [-0.05, 0) is 51.3 Å². The van der Waals surface area contributed by atoms with E-state index in [0.717, 1.165) is 19.5 Å². The first-order chi connectivity index (χ1) is 11.5. The summed E-state index contributed by atoms with van der Waals surface area (Å²) < 4.78 is 10.5. The molecule has 6 heteroatoms. The molecular weight excluding hydrogens is 306 g/mol. The van der Waals surface area contributed by atoms with Gasteiger partial charge in [-0.3, -0.25) is 0 Å². The number of anilines is 1. The third-order valence-corrected chi connectivity index (χ3v) is 4.49. The molecule has 0 aromatic heterocycles. The Hall–Kier alpha value is -1.95. The summed E-state index contributed by atoms with van der Waals surface area (Å²) in [7, 11) is 3.17. The number of rotatable bonds is 6. The van der Waals surface area contributed by atoms with Gasteiger partial charge in [0.05, 0.1) is 19.9 Å². The molecule has 6 nitrogen and oxygen atoms in total. The average Bonchev–Trinajstić information content (AvgIpc) is 2.60. The van der Waals surface area contributed by atoms with Crippen LogP contribution in [0.3, 0.4) is 0 Å². The summed E-state index contributed by atoms with van der Waals surface area (Å²) in [5, 5.41) is 5.82. The maximum absolute atomic E-state index is 12.2. The van der Waals surface area contributed by atoms with E-state index in [1.54, 1.807) is 32.4 Å². The second-order valence-electron chi connectivity index (χ2n) is 6.50. The lowest BCUT2D eigenvalue weighted by Crippen LogP contribution is -2.44. The molecule has 0 unspecified atom stereocenters. The van der Waals surface area contributed by atoms with Crippen LogP contribution in [0, 0.1) is 5.92 Å². The number of likely N-dealkylation sites (tertiary alicyclic amines) is 1. The van der Waals surface area contributed by atoms with Crippen molar-refractivity contribution >= 4 is 11.7 Å². The average molecular weight is 335 g/mol. The molecule has 0 saturated carbocycles. The van der Waals surface area contributed by atoms with Crippen molar-refractivity contribution in [1.29, 1.82) is 0 Å². The summed E-state index contributed by atoms with van der Waals surface area (Å²) in [6, 6.07) is 5.67. The third kappa shape index (κ3) is 5.03. The SMILES string of the molecule is COc1ccc(NC(=O)NC[C@@H]2CCCN(C(C)C)C2)c(OC)c1.